The van der Waals surface area contributed by atoms with E-state index in [4.69, 9.17) is 5.73 Å². The quantitative estimate of drug-likeness (QED) is 0.831. The lowest BCUT2D eigenvalue weighted by Gasteiger charge is -2.40. The summed E-state index contributed by atoms with van der Waals surface area (Å²) >= 11 is 0. The summed E-state index contributed by atoms with van der Waals surface area (Å²) in [5.74, 6) is 0. The maximum absolute atomic E-state index is 6.35. The molecule has 5 heteroatoms. The third-order valence-electron chi connectivity index (χ3n) is 3.91. The Hall–Kier alpha value is -0.940. The van der Waals surface area contributed by atoms with Crippen molar-refractivity contribution < 1.29 is 0 Å². The van der Waals surface area contributed by atoms with Crippen molar-refractivity contribution in [2.45, 2.75) is 44.7 Å². The van der Waals surface area contributed by atoms with E-state index < -0.39 is 0 Å². The molecule has 0 saturated carbocycles. The summed E-state index contributed by atoms with van der Waals surface area (Å²) in [5.41, 5.74) is 7.37. The standard InChI is InChI=1S/C12H23N5/c1-12(2,17-6-4-5-7-17)11(13)8-10-9-16(3)15-14-10/h9,11H,4-8,13H2,1-3H3. The lowest BCUT2D eigenvalue weighted by molar-refractivity contribution is 0.123. The van der Waals surface area contributed by atoms with E-state index in [2.05, 4.69) is 29.1 Å². The highest BCUT2D eigenvalue weighted by molar-refractivity contribution is 5.02. The van der Waals surface area contributed by atoms with Crippen molar-refractivity contribution >= 4 is 0 Å². The molecule has 0 bridgehead atoms. The molecule has 5 nitrogen and oxygen atoms in total. The maximum atomic E-state index is 6.35. The van der Waals surface area contributed by atoms with Crippen LogP contribution in [0.3, 0.4) is 0 Å². The first-order valence-corrected chi connectivity index (χ1v) is 6.36. The highest BCUT2D eigenvalue weighted by Crippen LogP contribution is 2.24. The second-order valence-electron chi connectivity index (χ2n) is 5.54. The molecular weight excluding hydrogens is 214 g/mol. The number of rotatable bonds is 4. The van der Waals surface area contributed by atoms with Crippen molar-refractivity contribution in [1.29, 1.82) is 0 Å². The molecule has 0 aliphatic carbocycles. The first-order chi connectivity index (χ1) is 8.00. The van der Waals surface area contributed by atoms with E-state index >= 15 is 0 Å². The van der Waals surface area contributed by atoms with E-state index in [1.54, 1.807) is 4.68 Å². The molecule has 1 saturated heterocycles. The Kier molecular flexibility index (Phi) is 3.49. The zero-order chi connectivity index (χ0) is 12.5. The topological polar surface area (TPSA) is 60.0 Å². The summed E-state index contributed by atoms with van der Waals surface area (Å²) in [4.78, 5) is 2.49. The highest BCUT2D eigenvalue weighted by Gasteiger charge is 2.34. The lowest BCUT2D eigenvalue weighted by Crippen LogP contribution is -2.56. The first-order valence-electron chi connectivity index (χ1n) is 6.36. The monoisotopic (exact) mass is 237 g/mol. The molecule has 1 aliphatic heterocycles. The summed E-state index contributed by atoms with van der Waals surface area (Å²) in [5, 5.41) is 8.06. The van der Waals surface area contributed by atoms with Crippen LogP contribution in [0.2, 0.25) is 0 Å². The van der Waals surface area contributed by atoms with E-state index in [9.17, 15) is 0 Å². The van der Waals surface area contributed by atoms with Crippen LogP contribution in [0.5, 0.6) is 0 Å². The molecule has 2 N–H and O–H groups in total. The van der Waals surface area contributed by atoms with Gasteiger partial charge in [-0.15, -0.1) is 5.10 Å². The minimum Gasteiger partial charge on any atom is -0.326 e. The van der Waals surface area contributed by atoms with Crippen LogP contribution < -0.4 is 5.73 Å². The van der Waals surface area contributed by atoms with E-state index in [1.165, 1.54) is 25.9 Å². The van der Waals surface area contributed by atoms with E-state index in [0.717, 1.165) is 12.1 Å². The van der Waals surface area contributed by atoms with Crippen molar-refractivity contribution in [3.8, 4) is 0 Å². The first kappa shape index (κ1) is 12.5. The Morgan fingerprint density at radius 3 is 2.59 bits per heavy atom. The Bertz CT molecular complexity index is 365. The van der Waals surface area contributed by atoms with Crippen molar-refractivity contribution in [2.75, 3.05) is 13.1 Å². The number of likely N-dealkylation sites (tertiary alicyclic amines) is 1. The molecule has 1 unspecified atom stereocenters. The highest BCUT2D eigenvalue weighted by atomic mass is 15.4. The zero-order valence-corrected chi connectivity index (χ0v) is 11.1. The van der Waals surface area contributed by atoms with Crippen molar-refractivity contribution in [3.63, 3.8) is 0 Å². The third kappa shape index (κ3) is 2.66. The molecule has 96 valence electrons. The largest absolute Gasteiger partial charge is 0.326 e. The van der Waals surface area contributed by atoms with Gasteiger partial charge in [0.25, 0.3) is 0 Å². The molecule has 1 aromatic rings. The van der Waals surface area contributed by atoms with Crippen LogP contribution in [0.15, 0.2) is 6.20 Å². The SMILES string of the molecule is Cn1cc(CC(N)C(C)(C)N2CCCC2)nn1. The van der Waals surface area contributed by atoms with Gasteiger partial charge >= 0.3 is 0 Å². The average molecular weight is 237 g/mol. The molecule has 2 rings (SSSR count). The van der Waals surface area contributed by atoms with Crippen LogP contribution in [-0.2, 0) is 13.5 Å². The molecular formula is C12H23N5. The van der Waals surface area contributed by atoms with Crippen LogP contribution >= 0.6 is 0 Å². The van der Waals surface area contributed by atoms with Gasteiger partial charge in [-0.2, -0.15) is 0 Å². The summed E-state index contributed by atoms with van der Waals surface area (Å²) in [6.45, 7) is 6.81. The molecule has 0 aromatic carbocycles. The number of hydrogen-bond donors (Lipinski definition) is 1. The minimum atomic E-state index is 0.0357. The van der Waals surface area contributed by atoms with Crippen LogP contribution in [-0.4, -0.2) is 44.6 Å². The predicted molar refractivity (Wildman–Crippen MR) is 67.6 cm³/mol. The number of nitrogens with zero attached hydrogens (tertiary/aromatic N) is 4. The summed E-state index contributed by atoms with van der Waals surface area (Å²) < 4.78 is 1.73. The molecule has 17 heavy (non-hydrogen) atoms. The summed E-state index contributed by atoms with van der Waals surface area (Å²) in [6.07, 6.45) is 5.32. The van der Waals surface area contributed by atoms with Gasteiger partial charge in [-0.3, -0.25) is 9.58 Å². The normalized spacial score (nSPS) is 19.8. The molecule has 1 fully saturated rings. The second kappa shape index (κ2) is 4.74. The minimum absolute atomic E-state index is 0.0357. The Balaban J connectivity index is 2.00. The van der Waals surface area contributed by atoms with Crippen molar-refractivity contribution in [2.24, 2.45) is 12.8 Å². The zero-order valence-electron chi connectivity index (χ0n) is 11.1. The van der Waals surface area contributed by atoms with Crippen LogP contribution in [0, 0.1) is 0 Å². The van der Waals surface area contributed by atoms with Gasteiger partial charge < -0.3 is 5.73 Å². The Labute approximate surface area is 103 Å². The Morgan fingerprint density at radius 2 is 2.06 bits per heavy atom. The fourth-order valence-corrected chi connectivity index (χ4v) is 2.49. The van der Waals surface area contributed by atoms with Gasteiger partial charge in [0.15, 0.2) is 0 Å². The van der Waals surface area contributed by atoms with Gasteiger partial charge in [-0.1, -0.05) is 5.21 Å². The molecule has 1 atom stereocenters. The fraction of sp³-hybridized carbons (Fsp3) is 0.833. The van der Waals surface area contributed by atoms with Gasteiger partial charge in [0, 0.05) is 31.2 Å². The van der Waals surface area contributed by atoms with Crippen LogP contribution in [0.25, 0.3) is 0 Å². The predicted octanol–water partition coefficient (Wildman–Crippen LogP) is 0.559. The number of aryl methyl sites for hydroxylation is 1. The van der Waals surface area contributed by atoms with Crippen molar-refractivity contribution in [3.05, 3.63) is 11.9 Å². The third-order valence-corrected chi connectivity index (χ3v) is 3.91. The number of nitrogens with two attached hydrogens (primary N) is 1. The number of aromatic nitrogens is 3. The average Bonchev–Trinajstić information content (AvgIpc) is 2.89. The van der Waals surface area contributed by atoms with Crippen LogP contribution in [0.1, 0.15) is 32.4 Å². The van der Waals surface area contributed by atoms with E-state index in [0.29, 0.717) is 0 Å². The van der Waals surface area contributed by atoms with Gasteiger partial charge in [0.1, 0.15) is 0 Å². The molecule has 0 spiro atoms. The van der Waals surface area contributed by atoms with Gasteiger partial charge in [0.05, 0.1) is 5.69 Å². The smallest absolute Gasteiger partial charge is 0.0843 e. The molecule has 0 radical (unpaired) electrons. The molecule has 1 aromatic heterocycles. The van der Waals surface area contributed by atoms with Crippen LogP contribution in [0.4, 0.5) is 0 Å². The summed E-state index contributed by atoms with van der Waals surface area (Å²) in [6, 6.07) is 0.0947. The molecule has 2 heterocycles. The second-order valence-corrected chi connectivity index (χ2v) is 5.54. The van der Waals surface area contributed by atoms with Gasteiger partial charge in [-0.05, 0) is 39.8 Å². The fourth-order valence-electron chi connectivity index (χ4n) is 2.49. The van der Waals surface area contributed by atoms with Gasteiger partial charge in [-0.25, -0.2) is 0 Å². The lowest BCUT2D eigenvalue weighted by atomic mass is 9.90. The van der Waals surface area contributed by atoms with Gasteiger partial charge in [0.2, 0.25) is 0 Å². The molecule has 1 aliphatic rings. The maximum Gasteiger partial charge on any atom is 0.0843 e. The Morgan fingerprint density at radius 1 is 1.41 bits per heavy atom. The number of hydrogen-bond acceptors (Lipinski definition) is 4. The van der Waals surface area contributed by atoms with E-state index in [1.807, 2.05) is 13.2 Å². The molecule has 0 amide bonds. The van der Waals surface area contributed by atoms with Crippen molar-refractivity contribution in [1.82, 2.24) is 19.9 Å². The van der Waals surface area contributed by atoms with E-state index in [-0.39, 0.29) is 11.6 Å². The summed E-state index contributed by atoms with van der Waals surface area (Å²) in [7, 11) is 1.88.